The smallest absolute Gasteiger partial charge is 0.153 e. The highest BCUT2D eigenvalue weighted by atomic mass is 16.5. The van der Waals surface area contributed by atoms with E-state index in [1.54, 1.807) is 14.2 Å². The minimum Gasteiger partial charge on any atom is -0.390 e. The molecule has 24 heavy (non-hydrogen) atoms. The normalized spacial score (nSPS) is 51.8. The van der Waals surface area contributed by atoms with Crippen LogP contribution >= 0.6 is 0 Å². The van der Waals surface area contributed by atoms with Gasteiger partial charge in [0.05, 0.1) is 24.4 Å². The third-order valence-corrected chi connectivity index (χ3v) is 7.60. The van der Waals surface area contributed by atoms with Gasteiger partial charge in [-0.25, -0.2) is 0 Å². The Morgan fingerprint density at radius 3 is 2.50 bits per heavy atom. The number of likely N-dealkylation sites (tertiary alicyclic amines) is 1. The maximum atomic E-state index is 13.3. The first-order valence-corrected chi connectivity index (χ1v) is 9.56. The average molecular weight is 337 g/mol. The molecule has 0 spiro atoms. The molecular formula is C19H31NO4. The number of fused-ring (bicyclic) bond motifs is 2. The van der Waals surface area contributed by atoms with Crippen molar-refractivity contribution in [1.82, 2.24) is 4.90 Å². The minimum atomic E-state index is -0.485. The van der Waals surface area contributed by atoms with Crippen LogP contribution in [0.15, 0.2) is 0 Å². The van der Waals surface area contributed by atoms with Gasteiger partial charge in [-0.2, -0.15) is 0 Å². The van der Waals surface area contributed by atoms with Gasteiger partial charge in [-0.3, -0.25) is 9.69 Å². The van der Waals surface area contributed by atoms with Gasteiger partial charge in [0, 0.05) is 26.1 Å². The second-order valence-corrected chi connectivity index (χ2v) is 8.42. The lowest BCUT2D eigenvalue weighted by molar-refractivity contribution is -0.201. The van der Waals surface area contributed by atoms with Crippen LogP contribution in [0.25, 0.3) is 0 Å². The summed E-state index contributed by atoms with van der Waals surface area (Å²) in [4.78, 5) is 15.6. The molecule has 5 nitrogen and oxygen atoms in total. The van der Waals surface area contributed by atoms with Crippen molar-refractivity contribution in [3.05, 3.63) is 0 Å². The number of Topliss-reactive ketones (excluding diaryl/α,β-unsaturated/α-hetero) is 1. The van der Waals surface area contributed by atoms with Crippen LogP contribution in [0.3, 0.4) is 0 Å². The summed E-state index contributed by atoms with van der Waals surface area (Å²) >= 11 is 0. The number of likely N-dealkylation sites (N-methyl/N-ethyl adjacent to an activating group) is 1. The van der Waals surface area contributed by atoms with Gasteiger partial charge in [-0.15, -0.1) is 0 Å². The molecular weight excluding hydrogens is 306 g/mol. The summed E-state index contributed by atoms with van der Waals surface area (Å²) in [5.74, 6) is 1.47. The van der Waals surface area contributed by atoms with E-state index in [1.807, 2.05) is 0 Å². The third kappa shape index (κ3) is 2.32. The number of ether oxygens (including phenoxy) is 2. The van der Waals surface area contributed by atoms with Gasteiger partial charge in [0.15, 0.2) is 5.78 Å². The van der Waals surface area contributed by atoms with Gasteiger partial charge in [-0.05, 0) is 57.0 Å². The monoisotopic (exact) mass is 337 g/mol. The van der Waals surface area contributed by atoms with Crippen LogP contribution in [-0.4, -0.2) is 68.0 Å². The number of carbonyl (C=O) groups is 1. The molecule has 136 valence electrons. The summed E-state index contributed by atoms with van der Waals surface area (Å²) in [6, 6.07) is -0.0157. The molecule has 0 amide bonds. The zero-order chi connectivity index (χ0) is 17.0. The molecule has 4 fully saturated rings. The van der Waals surface area contributed by atoms with Crippen molar-refractivity contribution < 1.29 is 19.4 Å². The predicted molar refractivity (Wildman–Crippen MR) is 89.6 cm³/mol. The molecule has 0 bridgehead atoms. The largest absolute Gasteiger partial charge is 0.390 e. The molecule has 1 aliphatic heterocycles. The quantitative estimate of drug-likeness (QED) is 0.824. The lowest BCUT2D eigenvalue weighted by atomic mass is 9.50. The summed E-state index contributed by atoms with van der Waals surface area (Å²) < 4.78 is 11.5. The summed E-state index contributed by atoms with van der Waals surface area (Å²) in [5, 5.41) is 11.1. The van der Waals surface area contributed by atoms with Gasteiger partial charge < -0.3 is 14.6 Å². The highest BCUT2D eigenvalue weighted by Gasteiger charge is 2.62. The van der Waals surface area contributed by atoms with E-state index in [-0.39, 0.29) is 41.9 Å². The first-order chi connectivity index (χ1) is 11.6. The van der Waals surface area contributed by atoms with Crippen LogP contribution in [0.4, 0.5) is 0 Å². The summed E-state index contributed by atoms with van der Waals surface area (Å²) in [7, 11) is 5.56. The Balaban J connectivity index is 1.77. The number of piperidine rings is 1. The zero-order valence-corrected chi connectivity index (χ0v) is 15.1. The highest BCUT2D eigenvalue weighted by molar-refractivity contribution is 5.88. The Morgan fingerprint density at radius 2 is 1.79 bits per heavy atom. The van der Waals surface area contributed by atoms with Gasteiger partial charge >= 0.3 is 0 Å². The molecule has 0 radical (unpaired) electrons. The van der Waals surface area contributed by atoms with E-state index in [2.05, 4.69) is 11.9 Å². The predicted octanol–water partition coefficient (Wildman–Crippen LogP) is 1.33. The molecule has 5 heteroatoms. The lowest BCUT2D eigenvalue weighted by Crippen LogP contribution is -2.69. The van der Waals surface area contributed by atoms with Crippen molar-refractivity contribution in [1.29, 1.82) is 0 Å². The number of rotatable bonds is 2. The van der Waals surface area contributed by atoms with E-state index in [1.165, 1.54) is 0 Å². The second-order valence-electron chi connectivity index (χ2n) is 8.42. The van der Waals surface area contributed by atoms with Gasteiger partial charge in [-0.1, -0.05) is 6.42 Å². The Bertz CT molecular complexity index is 496. The number of ketones is 1. The molecule has 4 rings (SSSR count). The van der Waals surface area contributed by atoms with Crippen molar-refractivity contribution in [2.24, 2.45) is 29.6 Å². The molecule has 9 unspecified atom stereocenters. The van der Waals surface area contributed by atoms with Gasteiger partial charge in [0.25, 0.3) is 0 Å². The van der Waals surface area contributed by atoms with Crippen molar-refractivity contribution >= 4 is 5.78 Å². The number of methoxy groups -OCH3 is 2. The van der Waals surface area contributed by atoms with Crippen LogP contribution < -0.4 is 0 Å². The zero-order valence-electron chi connectivity index (χ0n) is 15.1. The van der Waals surface area contributed by atoms with E-state index < -0.39 is 6.10 Å². The molecule has 3 saturated carbocycles. The molecule has 9 atom stereocenters. The number of hydrogen-bond donors (Lipinski definition) is 1. The van der Waals surface area contributed by atoms with E-state index in [0.717, 1.165) is 38.6 Å². The van der Waals surface area contributed by atoms with Crippen LogP contribution in [0.1, 0.15) is 32.1 Å². The number of aliphatic hydroxyl groups is 1. The Morgan fingerprint density at radius 1 is 1.04 bits per heavy atom. The Hall–Kier alpha value is -0.490. The molecule has 1 heterocycles. The lowest BCUT2D eigenvalue weighted by Gasteiger charge is -2.60. The summed E-state index contributed by atoms with van der Waals surface area (Å²) in [5.41, 5.74) is 0. The van der Waals surface area contributed by atoms with Crippen molar-refractivity contribution in [2.45, 2.75) is 56.5 Å². The molecule has 4 aliphatic rings. The number of hydrogen-bond acceptors (Lipinski definition) is 5. The van der Waals surface area contributed by atoms with E-state index >= 15 is 0 Å². The SMILES string of the molecule is COC1CC2CCN(C)C3C(=O)C4CCCC(OC)C4C(C1O)C23. The number of aliphatic hydroxyl groups excluding tert-OH is 1. The molecule has 0 aromatic rings. The molecule has 1 saturated heterocycles. The first kappa shape index (κ1) is 17.0. The van der Waals surface area contributed by atoms with Crippen molar-refractivity contribution in [3.8, 4) is 0 Å². The van der Waals surface area contributed by atoms with Crippen LogP contribution in [0, 0.1) is 29.6 Å². The third-order valence-electron chi connectivity index (χ3n) is 7.60. The standard InChI is InChI=1S/C19H31NO4/c1-20-8-7-10-9-13(24-3)19(22)16-14(10)17(20)18(21)11-5-4-6-12(23-2)15(11)16/h10-17,19,22H,4-9H2,1-3H3. The second kappa shape index (κ2) is 6.35. The van der Waals surface area contributed by atoms with Crippen LogP contribution in [0.2, 0.25) is 0 Å². The van der Waals surface area contributed by atoms with Gasteiger partial charge in [0.1, 0.15) is 0 Å². The van der Waals surface area contributed by atoms with Gasteiger partial charge in [0.2, 0.25) is 0 Å². The maximum absolute atomic E-state index is 13.3. The van der Waals surface area contributed by atoms with E-state index in [9.17, 15) is 9.90 Å². The fraction of sp³-hybridized carbons (Fsp3) is 0.947. The average Bonchev–Trinajstić information content (AvgIpc) is 2.60. The number of carbonyl (C=O) groups excluding carboxylic acids is 1. The summed E-state index contributed by atoms with van der Waals surface area (Å²) in [6.45, 7) is 0.974. The molecule has 3 aliphatic carbocycles. The van der Waals surface area contributed by atoms with Crippen molar-refractivity contribution in [3.63, 3.8) is 0 Å². The van der Waals surface area contributed by atoms with Crippen LogP contribution in [-0.2, 0) is 14.3 Å². The molecule has 0 aromatic carbocycles. The van der Waals surface area contributed by atoms with E-state index in [0.29, 0.717) is 11.7 Å². The van der Waals surface area contributed by atoms with Crippen molar-refractivity contribution in [2.75, 3.05) is 27.8 Å². The first-order valence-electron chi connectivity index (χ1n) is 9.56. The minimum absolute atomic E-state index is 0.0157. The number of nitrogens with zero attached hydrogens (tertiary/aromatic N) is 1. The van der Waals surface area contributed by atoms with E-state index in [4.69, 9.17) is 9.47 Å². The highest BCUT2D eigenvalue weighted by Crippen LogP contribution is 2.55. The summed E-state index contributed by atoms with van der Waals surface area (Å²) in [6.07, 6.45) is 4.49. The Kier molecular flexibility index (Phi) is 4.48. The molecule has 0 aromatic heterocycles. The fourth-order valence-corrected chi connectivity index (χ4v) is 6.62. The fourth-order valence-electron chi connectivity index (χ4n) is 6.62. The van der Waals surface area contributed by atoms with Crippen LogP contribution in [0.5, 0.6) is 0 Å². The molecule has 1 N–H and O–H groups in total. The maximum Gasteiger partial charge on any atom is 0.153 e. The Labute approximate surface area is 144 Å². The topological polar surface area (TPSA) is 59.0 Å².